The summed E-state index contributed by atoms with van der Waals surface area (Å²) in [6.45, 7) is 2.80. The van der Waals surface area contributed by atoms with Gasteiger partial charge in [0.2, 0.25) is 4.38 Å². The Bertz CT molecular complexity index is 178. The molecule has 0 spiro atoms. The van der Waals surface area contributed by atoms with Gasteiger partial charge in [-0.05, 0) is 25.1 Å². The summed E-state index contributed by atoms with van der Waals surface area (Å²) in [6.07, 6.45) is 13.4. The van der Waals surface area contributed by atoms with Crippen LogP contribution < -0.4 is 0 Å². The van der Waals surface area contributed by atoms with Crippen LogP contribution in [0.15, 0.2) is 12.2 Å². The van der Waals surface area contributed by atoms with Gasteiger partial charge in [0.1, 0.15) is 6.61 Å². The van der Waals surface area contributed by atoms with Crippen molar-refractivity contribution in [2.24, 2.45) is 0 Å². The molecule has 0 atom stereocenters. The highest BCUT2D eigenvalue weighted by atomic mass is 32.1. The van der Waals surface area contributed by atoms with Crippen molar-refractivity contribution in [3.8, 4) is 0 Å². The van der Waals surface area contributed by atoms with E-state index in [1.54, 1.807) is 0 Å². The molecule has 0 aromatic heterocycles. The van der Waals surface area contributed by atoms with E-state index >= 15 is 0 Å². The third-order valence-electron chi connectivity index (χ3n) is 2.19. The summed E-state index contributed by atoms with van der Waals surface area (Å²) in [5.74, 6) is 0. The molecule has 0 aromatic rings. The summed E-state index contributed by atoms with van der Waals surface area (Å²) in [7, 11) is 0. The summed E-state index contributed by atoms with van der Waals surface area (Å²) in [5.41, 5.74) is 0. The van der Waals surface area contributed by atoms with E-state index in [1.165, 1.54) is 38.5 Å². The van der Waals surface area contributed by atoms with E-state index in [0.717, 1.165) is 6.42 Å². The quantitative estimate of drug-likeness (QED) is 0.277. The fourth-order valence-electron chi connectivity index (χ4n) is 1.35. The van der Waals surface area contributed by atoms with E-state index in [-0.39, 0.29) is 0 Å². The Morgan fingerprint density at radius 3 is 2.47 bits per heavy atom. The van der Waals surface area contributed by atoms with Crippen LogP contribution in [0.3, 0.4) is 0 Å². The normalized spacial score (nSPS) is 10.8. The Kier molecular flexibility index (Phi) is 12.0. The number of rotatable bonds is 9. The number of hydrogen-bond donors (Lipinski definition) is 1. The third kappa shape index (κ3) is 14.0. The van der Waals surface area contributed by atoms with Gasteiger partial charge in [-0.15, -0.1) is 0 Å². The number of hydrogen-bond acceptors (Lipinski definition) is 2. The van der Waals surface area contributed by atoms with E-state index < -0.39 is 0 Å². The predicted molar refractivity (Wildman–Crippen MR) is 74.7 cm³/mol. The molecule has 0 aromatic carbocycles. The number of thiol groups is 1. The van der Waals surface area contributed by atoms with Crippen LogP contribution in [0, 0.1) is 0 Å². The van der Waals surface area contributed by atoms with Crippen molar-refractivity contribution in [3.63, 3.8) is 0 Å². The lowest BCUT2D eigenvalue weighted by Crippen LogP contribution is -1.91. The minimum atomic E-state index is 0.319. The molecule has 0 rings (SSSR count). The summed E-state index contributed by atoms with van der Waals surface area (Å²) < 4.78 is 5.33. The lowest BCUT2D eigenvalue weighted by molar-refractivity contribution is 0.370. The fourth-order valence-corrected chi connectivity index (χ4v) is 1.49. The summed E-state index contributed by atoms with van der Waals surface area (Å²) >= 11 is 8.53. The van der Waals surface area contributed by atoms with Gasteiger partial charge in [0.15, 0.2) is 0 Å². The van der Waals surface area contributed by atoms with Crippen LogP contribution in [0.25, 0.3) is 0 Å². The molecule has 3 heteroatoms. The molecule has 0 bridgehead atoms. The second kappa shape index (κ2) is 12.1. The van der Waals surface area contributed by atoms with Gasteiger partial charge < -0.3 is 4.74 Å². The first-order valence-corrected chi connectivity index (χ1v) is 6.63. The molecule has 0 heterocycles. The molecule has 0 saturated heterocycles. The zero-order valence-electron chi connectivity index (χ0n) is 9.58. The van der Waals surface area contributed by atoms with Gasteiger partial charge in [-0.25, -0.2) is 0 Å². The van der Waals surface area contributed by atoms with Gasteiger partial charge in [0.25, 0.3) is 0 Å². The summed E-state index contributed by atoms with van der Waals surface area (Å²) in [5, 5.41) is 0. The van der Waals surface area contributed by atoms with Crippen molar-refractivity contribution < 1.29 is 4.74 Å². The Labute approximate surface area is 105 Å². The highest BCUT2D eigenvalue weighted by Gasteiger charge is 1.88. The van der Waals surface area contributed by atoms with Gasteiger partial charge in [-0.1, -0.05) is 63.8 Å². The molecule has 0 saturated carbocycles. The van der Waals surface area contributed by atoms with Crippen LogP contribution >= 0.6 is 24.8 Å². The topological polar surface area (TPSA) is 9.23 Å². The maximum atomic E-state index is 5.01. The molecular weight excluding hydrogens is 224 g/mol. The van der Waals surface area contributed by atoms with Crippen molar-refractivity contribution >= 4 is 29.2 Å². The molecule has 0 aliphatic carbocycles. The van der Waals surface area contributed by atoms with Gasteiger partial charge in [-0.3, -0.25) is 0 Å². The number of unbranched alkanes of at least 4 members (excludes halogenated alkanes) is 6. The molecule has 0 aliphatic rings. The molecular formula is C12H22OS2. The largest absolute Gasteiger partial charge is 0.475 e. The Morgan fingerprint density at radius 1 is 1.13 bits per heavy atom. The van der Waals surface area contributed by atoms with Crippen molar-refractivity contribution in [1.82, 2.24) is 0 Å². The van der Waals surface area contributed by atoms with E-state index in [2.05, 4.69) is 37.8 Å². The average Bonchev–Trinajstić information content (AvgIpc) is 2.20. The Hall–Kier alpha value is -0.0200. The van der Waals surface area contributed by atoms with Gasteiger partial charge in [-0.2, -0.15) is 0 Å². The van der Waals surface area contributed by atoms with Crippen LogP contribution in [0.5, 0.6) is 0 Å². The first-order valence-electron chi connectivity index (χ1n) is 5.78. The van der Waals surface area contributed by atoms with Crippen LogP contribution in [-0.2, 0) is 4.74 Å². The van der Waals surface area contributed by atoms with E-state index in [9.17, 15) is 0 Å². The molecule has 88 valence electrons. The zero-order chi connectivity index (χ0) is 11.4. The highest BCUT2D eigenvalue weighted by Crippen LogP contribution is 2.07. The molecule has 0 fully saturated rings. The van der Waals surface area contributed by atoms with Crippen molar-refractivity contribution in [2.45, 2.75) is 51.9 Å². The number of ether oxygens (including phenoxy) is 1. The van der Waals surface area contributed by atoms with Crippen molar-refractivity contribution in [2.75, 3.05) is 6.61 Å². The minimum Gasteiger partial charge on any atom is -0.475 e. The molecule has 0 N–H and O–H groups in total. The van der Waals surface area contributed by atoms with Gasteiger partial charge in [0.05, 0.1) is 0 Å². The SMILES string of the molecule is CCCCCCCC/C=C/COC(=S)S. The Morgan fingerprint density at radius 2 is 1.80 bits per heavy atom. The smallest absolute Gasteiger partial charge is 0.217 e. The molecule has 15 heavy (non-hydrogen) atoms. The minimum absolute atomic E-state index is 0.319. The van der Waals surface area contributed by atoms with E-state index in [1.807, 2.05) is 6.08 Å². The van der Waals surface area contributed by atoms with Crippen molar-refractivity contribution in [1.29, 1.82) is 0 Å². The Balaban J connectivity index is 3.06. The first-order chi connectivity index (χ1) is 7.27. The van der Waals surface area contributed by atoms with E-state index in [4.69, 9.17) is 4.74 Å². The standard InChI is InChI=1S/C12H22OS2/c1-2-3-4-5-6-7-8-9-10-11-13-12(14)15/h9-10H,2-8,11H2,1H3,(H,14,15)/b10-9+. The third-order valence-corrected chi connectivity index (χ3v) is 2.44. The monoisotopic (exact) mass is 246 g/mol. The molecule has 0 amide bonds. The number of thiocarbonyl (C=S) groups is 1. The lowest BCUT2D eigenvalue weighted by atomic mass is 10.1. The molecule has 0 unspecified atom stereocenters. The summed E-state index contributed by atoms with van der Waals surface area (Å²) in [4.78, 5) is 0. The van der Waals surface area contributed by atoms with Crippen LogP contribution in [0.1, 0.15) is 51.9 Å². The number of allylic oxidation sites excluding steroid dienone is 1. The predicted octanol–water partition coefficient (Wildman–Crippen LogP) is 4.52. The van der Waals surface area contributed by atoms with Crippen LogP contribution in [0.2, 0.25) is 0 Å². The first kappa shape index (κ1) is 15.0. The molecule has 1 nitrogen and oxygen atoms in total. The zero-order valence-corrected chi connectivity index (χ0v) is 11.3. The average molecular weight is 246 g/mol. The second-order valence-electron chi connectivity index (χ2n) is 3.60. The van der Waals surface area contributed by atoms with Crippen molar-refractivity contribution in [3.05, 3.63) is 12.2 Å². The molecule has 0 radical (unpaired) electrons. The fraction of sp³-hybridized carbons (Fsp3) is 0.750. The van der Waals surface area contributed by atoms with Gasteiger partial charge >= 0.3 is 0 Å². The van der Waals surface area contributed by atoms with Crippen LogP contribution in [-0.4, -0.2) is 11.0 Å². The maximum Gasteiger partial charge on any atom is 0.217 e. The summed E-state index contributed by atoms with van der Waals surface area (Å²) in [6, 6.07) is 0. The highest BCUT2D eigenvalue weighted by molar-refractivity contribution is 8.10. The maximum absolute atomic E-state index is 5.01. The lowest BCUT2D eigenvalue weighted by Gasteiger charge is -1.98. The van der Waals surface area contributed by atoms with Crippen LogP contribution in [0.4, 0.5) is 0 Å². The van der Waals surface area contributed by atoms with E-state index in [0.29, 0.717) is 11.0 Å². The second-order valence-corrected chi connectivity index (χ2v) is 4.68. The van der Waals surface area contributed by atoms with Gasteiger partial charge in [0, 0.05) is 0 Å². The molecule has 0 aliphatic heterocycles.